The molecule has 19 heavy (non-hydrogen) atoms. The van der Waals surface area contributed by atoms with Crippen LogP contribution < -0.4 is 10.1 Å². The van der Waals surface area contributed by atoms with Crippen molar-refractivity contribution in [2.24, 2.45) is 0 Å². The number of ether oxygens (including phenoxy) is 1. The second kappa shape index (κ2) is 6.08. The van der Waals surface area contributed by atoms with E-state index in [1.807, 2.05) is 32.9 Å². The lowest BCUT2D eigenvalue weighted by atomic mass is 10.1. The molecule has 1 N–H and O–H groups in total. The summed E-state index contributed by atoms with van der Waals surface area (Å²) < 4.78 is 10.9. The molecule has 0 bridgehead atoms. The summed E-state index contributed by atoms with van der Waals surface area (Å²) in [4.78, 5) is 4.24. The number of aromatic nitrogens is 1. The van der Waals surface area contributed by atoms with Crippen molar-refractivity contribution in [2.45, 2.75) is 27.3 Å². The Kier molecular flexibility index (Phi) is 4.45. The monoisotopic (exact) mass is 280 g/mol. The van der Waals surface area contributed by atoms with Gasteiger partial charge in [-0.3, -0.25) is 0 Å². The van der Waals surface area contributed by atoms with Crippen molar-refractivity contribution in [3.63, 3.8) is 0 Å². The van der Waals surface area contributed by atoms with Crippen molar-refractivity contribution in [3.8, 4) is 11.8 Å². The number of oxazole rings is 1. The maximum absolute atomic E-state index is 6.11. The molecule has 4 nitrogen and oxygen atoms in total. The third-order valence-electron chi connectivity index (χ3n) is 2.70. The zero-order valence-electron chi connectivity index (χ0n) is 11.3. The van der Waals surface area contributed by atoms with E-state index in [1.54, 1.807) is 6.26 Å². The van der Waals surface area contributed by atoms with Gasteiger partial charge in [-0.05, 0) is 43.7 Å². The van der Waals surface area contributed by atoms with Gasteiger partial charge in [0.25, 0.3) is 0 Å². The van der Waals surface area contributed by atoms with Crippen LogP contribution in [0.1, 0.15) is 23.7 Å². The zero-order valence-corrected chi connectivity index (χ0v) is 12.0. The molecular formula is C14H17ClN2O2. The summed E-state index contributed by atoms with van der Waals surface area (Å²) in [5.41, 5.74) is 2.76. The Morgan fingerprint density at radius 3 is 2.63 bits per heavy atom. The molecule has 102 valence electrons. The molecule has 0 radical (unpaired) electrons. The van der Waals surface area contributed by atoms with Crippen LogP contribution in [0.4, 0.5) is 0 Å². The largest absolute Gasteiger partial charge is 0.417 e. The Morgan fingerprint density at radius 1 is 1.32 bits per heavy atom. The van der Waals surface area contributed by atoms with Crippen LogP contribution in [-0.4, -0.2) is 11.5 Å². The van der Waals surface area contributed by atoms with E-state index in [1.165, 1.54) is 0 Å². The molecule has 1 heterocycles. The van der Waals surface area contributed by atoms with Gasteiger partial charge in [-0.15, -0.1) is 0 Å². The van der Waals surface area contributed by atoms with Gasteiger partial charge in [0, 0.05) is 11.6 Å². The minimum atomic E-state index is 0.244. The van der Waals surface area contributed by atoms with Crippen LogP contribution in [0.5, 0.6) is 11.8 Å². The molecule has 0 atom stereocenters. The van der Waals surface area contributed by atoms with Gasteiger partial charge >= 0.3 is 6.08 Å². The summed E-state index contributed by atoms with van der Waals surface area (Å²) >= 11 is 6.11. The van der Waals surface area contributed by atoms with Crippen molar-refractivity contribution in [3.05, 3.63) is 40.2 Å². The molecule has 2 aromatic rings. The number of rotatable bonds is 5. The zero-order chi connectivity index (χ0) is 13.8. The Bertz CT molecular complexity index is 543. The number of hydrogen-bond donors (Lipinski definition) is 1. The average molecular weight is 281 g/mol. The van der Waals surface area contributed by atoms with E-state index in [9.17, 15) is 0 Å². The molecule has 0 aliphatic carbocycles. The molecule has 0 unspecified atom stereocenters. The molecule has 0 aliphatic rings. The highest BCUT2D eigenvalue weighted by atomic mass is 35.5. The third kappa shape index (κ3) is 3.49. The van der Waals surface area contributed by atoms with Gasteiger partial charge in [0.15, 0.2) is 0 Å². The maximum atomic E-state index is 6.11. The molecule has 0 saturated carbocycles. The lowest BCUT2D eigenvalue weighted by molar-refractivity contribution is 0.330. The third-order valence-corrected chi connectivity index (χ3v) is 3.30. The fourth-order valence-electron chi connectivity index (χ4n) is 1.74. The molecule has 0 saturated heterocycles. The highest BCUT2D eigenvalue weighted by Crippen LogP contribution is 2.28. The lowest BCUT2D eigenvalue weighted by Gasteiger charge is -2.06. The average Bonchev–Trinajstić information content (AvgIpc) is 2.81. The van der Waals surface area contributed by atoms with Crippen molar-refractivity contribution >= 4 is 11.6 Å². The first-order chi connectivity index (χ1) is 9.10. The Morgan fingerprint density at radius 2 is 2.00 bits per heavy atom. The summed E-state index contributed by atoms with van der Waals surface area (Å²) in [7, 11) is 0. The minimum Gasteiger partial charge on any atom is -0.417 e. The number of nitrogens with one attached hydrogen (secondary N) is 1. The standard InChI is InChI=1S/C14H17ClN2O2/c1-4-16-7-11-8-18-14(17-11)19-12-5-9(2)13(15)10(3)6-12/h5-6,8,16H,4,7H2,1-3H3. The van der Waals surface area contributed by atoms with Crippen molar-refractivity contribution in [1.29, 1.82) is 0 Å². The van der Waals surface area contributed by atoms with E-state index in [0.717, 1.165) is 28.4 Å². The van der Waals surface area contributed by atoms with Crippen LogP contribution in [0.2, 0.25) is 5.02 Å². The normalized spacial score (nSPS) is 10.7. The topological polar surface area (TPSA) is 47.3 Å². The van der Waals surface area contributed by atoms with E-state index < -0.39 is 0 Å². The summed E-state index contributed by atoms with van der Waals surface area (Å²) in [5.74, 6) is 0.677. The Hall–Kier alpha value is -1.52. The van der Waals surface area contributed by atoms with E-state index in [0.29, 0.717) is 12.3 Å². The number of aryl methyl sites for hydroxylation is 2. The molecule has 0 fully saturated rings. The van der Waals surface area contributed by atoms with Crippen LogP contribution in [0.15, 0.2) is 22.8 Å². The van der Waals surface area contributed by atoms with Crippen molar-refractivity contribution in [1.82, 2.24) is 10.3 Å². The number of hydrogen-bond acceptors (Lipinski definition) is 4. The predicted octanol–water partition coefficient (Wildman–Crippen LogP) is 3.85. The first kappa shape index (κ1) is 13.9. The van der Waals surface area contributed by atoms with Gasteiger partial charge < -0.3 is 14.5 Å². The predicted molar refractivity (Wildman–Crippen MR) is 74.9 cm³/mol. The molecule has 2 rings (SSSR count). The first-order valence-corrected chi connectivity index (χ1v) is 6.57. The lowest BCUT2D eigenvalue weighted by Crippen LogP contribution is -2.11. The maximum Gasteiger partial charge on any atom is 0.399 e. The highest BCUT2D eigenvalue weighted by molar-refractivity contribution is 6.32. The van der Waals surface area contributed by atoms with Crippen LogP contribution in [0.3, 0.4) is 0 Å². The molecular weight excluding hydrogens is 264 g/mol. The highest BCUT2D eigenvalue weighted by Gasteiger charge is 2.08. The quantitative estimate of drug-likeness (QED) is 0.904. The van der Waals surface area contributed by atoms with Crippen LogP contribution in [-0.2, 0) is 6.54 Å². The number of nitrogens with zero attached hydrogens (tertiary/aromatic N) is 1. The Balaban J connectivity index is 2.10. The molecule has 0 amide bonds. The first-order valence-electron chi connectivity index (χ1n) is 6.20. The Labute approximate surface area is 117 Å². The summed E-state index contributed by atoms with van der Waals surface area (Å²) in [5, 5.41) is 3.93. The summed E-state index contributed by atoms with van der Waals surface area (Å²) in [6, 6.07) is 3.73. The van der Waals surface area contributed by atoms with E-state index in [2.05, 4.69) is 10.3 Å². The minimum absolute atomic E-state index is 0.244. The molecule has 1 aromatic heterocycles. The number of benzene rings is 1. The molecule has 0 spiro atoms. The van der Waals surface area contributed by atoms with Gasteiger partial charge in [0.05, 0.1) is 5.69 Å². The smallest absolute Gasteiger partial charge is 0.399 e. The van der Waals surface area contributed by atoms with Gasteiger partial charge in [-0.25, -0.2) is 0 Å². The van der Waals surface area contributed by atoms with Gasteiger partial charge in [-0.2, -0.15) is 4.98 Å². The van der Waals surface area contributed by atoms with Crippen LogP contribution in [0, 0.1) is 13.8 Å². The SMILES string of the molecule is CCNCc1coc(Oc2cc(C)c(Cl)c(C)c2)n1. The van der Waals surface area contributed by atoms with E-state index >= 15 is 0 Å². The van der Waals surface area contributed by atoms with Crippen molar-refractivity contribution in [2.75, 3.05) is 6.54 Å². The molecule has 1 aromatic carbocycles. The van der Waals surface area contributed by atoms with Crippen LogP contribution in [0.25, 0.3) is 0 Å². The second-order valence-electron chi connectivity index (χ2n) is 4.36. The summed E-state index contributed by atoms with van der Waals surface area (Å²) in [6.45, 7) is 7.47. The number of halogens is 1. The van der Waals surface area contributed by atoms with Crippen LogP contribution >= 0.6 is 11.6 Å². The van der Waals surface area contributed by atoms with Crippen molar-refractivity contribution < 1.29 is 9.15 Å². The van der Waals surface area contributed by atoms with Gasteiger partial charge in [0.2, 0.25) is 0 Å². The van der Waals surface area contributed by atoms with E-state index in [4.69, 9.17) is 20.8 Å². The molecule has 0 aliphatic heterocycles. The second-order valence-corrected chi connectivity index (χ2v) is 4.74. The fraction of sp³-hybridized carbons (Fsp3) is 0.357. The van der Waals surface area contributed by atoms with Gasteiger partial charge in [-0.1, -0.05) is 18.5 Å². The summed E-state index contributed by atoms with van der Waals surface area (Å²) in [6.07, 6.45) is 1.84. The molecule has 5 heteroatoms. The fourth-order valence-corrected chi connectivity index (χ4v) is 1.84. The van der Waals surface area contributed by atoms with Gasteiger partial charge in [0.1, 0.15) is 12.0 Å². The van der Waals surface area contributed by atoms with E-state index in [-0.39, 0.29) is 6.08 Å².